The van der Waals surface area contributed by atoms with E-state index in [1.807, 2.05) is 0 Å². The minimum absolute atomic E-state index is 0.0522. The Morgan fingerprint density at radius 3 is 2.67 bits per heavy atom. The van der Waals surface area contributed by atoms with Crippen LogP contribution in [0.1, 0.15) is 10.4 Å². The van der Waals surface area contributed by atoms with Gasteiger partial charge in [0.05, 0.1) is 17.8 Å². The first-order valence-corrected chi connectivity index (χ1v) is 4.31. The van der Waals surface area contributed by atoms with Gasteiger partial charge in [-0.1, -0.05) is 17.7 Å². The molecule has 0 saturated heterocycles. The van der Waals surface area contributed by atoms with Crippen molar-refractivity contribution in [1.82, 2.24) is 0 Å². The van der Waals surface area contributed by atoms with E-state index in [2.05, 4.69) is 10.1 Å². The van der Waals surface area contributed by atoms with Crippen LogP contribution in [0.4, 0.5) is 10.5 Å². The highest BCUT2D eigenvalue weighted by atomic mass is 35.5. The van der Waals surface area contributed by atoms with Gasteiger partial charge in [-0.25, -0.2) is 9.59 Å². The van der Waals surface area contributed by atoms with Crippen LogP contribution in [0.3, 0.4) is 0 Å². The lowest BCUT2D eigenvalue weighted by Crippen LogP contribution is -2.14. The van der Waals surface area contributed by atoms with Crippen LogP contribution >= 0.6 is 11.6 Å². The number of rotatable bonds is 2. The zero-order valence-corrected chi connectivity index (χ0v) is 8.54. The Kier molecular flexibility index (Phi) is 3.51. The van der Waals surface area contributed by atoms with Crippen LogP contribution < -0.4 is 5.32 Å². The molecule has 0 bridgehead atoms. The van der Waals surface area contributed by atoms with Crippen LogP contribution in [0.5, 0.6) is 0 Å². The number of methoxy groups -OCH3 is 1. The molecule has 1 rings (SSSR count). The van der Waals surface area contributed by atoms with Crippen molar-refractivity contribution in [2.75, 3.05) is 12.4 Å². The highest BCUT2D eigenvalue weighted by Crippen LogP contribution is 2.24. The van der Waals surface area contributed by atoms with Crippen molar-refractivity contribution >= 4 is 29.4 Å². The van der Waals surface area contributed by atoms with Crippen molar-refractivity contribution in [3.05, 3.63) is 28.8 Å². The van der Waals surface area contributed by atoms with Gasteiger partial charge in [0.25, 0.3) is 0 Å². The molecule has 0 spiro atoms. The number of ether oxygens (including phenoxy) is 1. The van der Waals surface area contributed by atoms with Gasteiger partial charge >= 0.3 is 12.1 Å². The Labute approximate surface area is 90.6 Å². The van der Waals surface area contributed by atoms with Gasteiger partial charge < -0.3 is 9.84 Å². The molecule has 0 aliphatic carbocycles. The maximum Gasteiger partial charge on any atom is 0.411 e. The fourth-order valence-corrected chi connectivity index (χ4v) is 1.26. The van der Waals surface area contributed by atoms with Crippen LogP contribution in [-0.2, 0) is 4.74 Å². The third kappa shape index (κ3) is 2.60. The summed E-state index contributed by atoms with van der Waals surface area (Å²) in [7, 11) is 1.18. The topological polar surface area (TPSA) is 75.6 Å². The number of benzene rings is 1. The number of aromatic carboxylic acids is 1. The molecule has 2 N–H and O–H groups in total. The molecule has 1 aromatic carbocycles. The lowest BCUT2D eigenvalue weighted by molar-refractivity contribution is 0.0698. The second-order valence-electron chi connectivity index (χ2n) is 2.58. The van der Waals surface area contributed by atoms with Crippen molar-refractivity contribution in [3.63, 3.8) is 0 Å². The van der Waals surface area contributed by atoms with Gasteiger partial charge in [0, 0.05) is 0 Å². The summed E-state index contributed by atoms with van der Waals surface area (Å²) in [5.74, 6) is -1.22. The van der Waals surface area contributed by atoms with Crippen LogP contribution in [0.2, 0.25) is 5.02 Å². The molecule has 0 unspecified atom stereocenters. The zero-order chi connectivity index (χ0) is 11.4. The number of halogens is 1. The lowest BCUT2D eigenvalue weighted by Gasteiger charge is -2.08. The predicted octanol–water partition coefficient (Wildman–Crippen LogP) is 2.22. The molecule has 5 nitrogen and oxygen atoms in total. The number of carboxylic acid groups (broad SMARTS) is 1. The minimum Gasteiger partial charge on any atom is -0.478 e. The second kappa shape index (κ2) is 4.65. The third-order valence-corrected chi connectivity index (χ3v) is 1.96. The molecule has 0 fully saturated rings. The first-order chi connectivity index (χ1) is 7.06. The summed E-state index contributed by atoms with van der Waals surface area (Å²) in [5.41, 5.74) is -0.0635. The Balaban J connectivity index is 3.11. The Bertz CT molecular complexity index is 405. The normalized spacial score (nSPS) is 9.47. The minimum atomic E-state index is -1.22. The molecule has 6 heteroatoms. The third-order valence-electron chi connectivity index (χ3n) is 1.65. The lowest BCUT2D eigenvalue weighted by atomic mass is 10.2. The summed E-state index contributed by atoms with van der Waals surface area (Å²) in [6.07, 6.45) is -0.750. The van der Waals surface area contributed by atoms with E-state index >= 15 is 0 Å². The van der Waals surface area contributed by atoms with Crippen LogP contribution in [0.25, 0.3) is 0 Å². The van der Waals surface area contributed by atoms with Crippen LogP contribution in [0, 0.1) is 0 Å². The van der Waals surface area contributed by atoms with Crippen molar-refractivity contribution in [3.8, 4) is 0 Å². The number of nitrogens with one attached hydrogen (secondary N) is 1. The van der Waals surface area contributed by atoms with Crippen molar-refractivity contribution in [2.45, 2.75) is 0 Å². The first kappa shape index (κ1) is 11.3. The van der Waals surface area contributed by atoms with E-state index in [4.69, 9.17) is 16.7 Å². The molecule has 0 radical (unpaired) electrons. The second-order valence-corrected chi connectivity index (χ2v) is 2.99. The standard InChI is InChI=1S/C9H8ClNO4/c1-15-9(14)11-6-4-2-3-5(10)7(6)8(12)13/h2-4H,1H3,(H,11,14)(H,12,13). The molecule has 0 aliphatic heterocycles. The number of hydrogen-bond acceptors (Lipinski definition) is 3. The molecule has 0 saturated carbocycles. The Morgan fingerprint density at radius 2 is 2.13 bits per heavy atom. The maximum atomic E-state index is 10.9. The number of hydrogen-bond donors (Lipinski definition) is 2. The highest BCUT2D eigenvalue weighted by Gasteiger charge is 2.15. The summed E-state index contributed by atoms with van der Waals surface area (Å²) >= 11 is 5.68. The van der Waals surface area contributed by atoms with Gasteiger partial charge in [-0.15, -0.1) is 0 Å². The van der Waals surface area contributed by atoms with E-state index < -0.39 is 12.1 Å². The highest BCUT2D eigenvalue weighted by molar-refractivity contribution is 6.34. The van der Waals surface area contributed by atoms with E-state index in [1.54, 1.807) is 0 Å². The number of carbonyl (C=O) groups is 2. The van der Waals surface area contributed by atoms with E-state index in [1.165, 1.54) is 25.3 Å². The van der Waals surface area contributed by atoms with Gasteiger partial charge in [-0.2, -0.15) is 0 Å². The number of anilines is 1. The van der Waals surface area contributed by atoms with Gasteiger partial charge in [-0.05, 0) is 12.1 Å². The molecule has 0 aromatic heterocycles. The molecule has 0 heterocycles. The summed E-state index contributed by atoms with van der Waals surface area (Å²) < 4.78 is 4.34. The van der Waals surface area contributed by atoms with Crippen LogP contribution in [0.15, 0.2) is 18.2 Å². The summed E-state index contributed by atoms with van der Waals surface area (Å²) in [6, 6.07) is 4.37. The Morgan fingerprint density at radius 1 is 1.47 bits per heavy atom. The quantitative estimate of drug-likeness (QED) is 0.815. The molecular formula is C9H8ClNO4. The van der Waals surface area contributed by atoms with Crippen molar-refractivity contribution in [2.24, 2.45) is 0 Å². The van der Waals surface area contributed by atoms with Crippen LogP contribution in [-0.4, -0.2) is 24.3 Å². The largest absolute Gasteiger partial charge is 0.478 e. The molecule has 15 heavy (non-hydrogen) atoms. The summed E-state index contributed by atoms with van der Waals surface area (Å²) in [6.45, 7) is 0. The monoisotopic (exact) mass is 229 g/mol. The Hall–Kier alpha value is -1.75. The molecule has 0 atom stereocenters. The SMILES string of the molecule is COC(=O)Nc1cccc(Cl)c1C(=O)O. The van der Waals surface area contributed by atoms with E-state index in [-0.39, 0.29) is 16.3 Å². The predicted molar refractivity (Wildman–Crippen MR) is 54.4 cm³/mol. The van der Waals surface area contributed by atoms with E-state index in [0.717, 1.165) is 0 Å². The molecule has 0 aliphatic rings. The smallest absolute Gasteiger partial charge is 0.411 e. The maximum absolute atomic E-state index is 10.9. The first-order valence-electron chi connectivity index (χ1n) is 3.93. The molecule has 80 valence electrons. The average Bonchev–Trinajstić information content (AvgIpc) is 2.17. The van der Waals surface area contributed by atoms with E-state index in [0.29, 0.717) is 0 Å². The molecule has 1 amide bonds. The number of amides is 1. The van der Waals surface area contributed by atoms with Crippen molar-refractivity contribution in [1.29, 1.82) is 0 Å². The fourth-order valence-electron chi connectivity index (χ4n) is 1.01. The van der Waals surface area contributed by atoms with Gasteiger partial charge in [0.15, 0.2) is 0 Å². The fraction of sp³-hybridized carbons (Fsp3) is 0.111. The van der Waals surface area contributed by atoms with E-state index in [9.17, 15) is 9.59 Å². The van der Waals surface area contributed by atoms with Crippen molar-refractivity contribution < 1.29 is 19.4 Å². The average molecular weight is 230 g/mol. The summed E-state index contributed by atoms with van der Waals surface area (Å²) in [4.78, 5) is 21.7. The van der Waals surface area contributed by atoms with Gasteiger partial charge in [0.2, 0.25) is 0 Å². The van der Waals surface area contributed by atoms with Gasteiger partial charge in [-0.3, -0.25) is 5.32 Å². The molecule has 1 aromatic rings. The van der Waals surface area contributed by atoms with Gasteiger partial charge in [0.1, 0.15) is 5.56 Å². The molecular weight excluding hydrogens is 222 g/mol. The number of carbonyl (C=O) groups excluding carboxylic acids is 1. The summed E-state index contributed by atoms with van der Waals surface area (Å²) in [5, 5.41) is 11.2. The zero-order valence-electron chi connectivity index (χ0n) is 7.78. The number of carboxylic acids is 1.